The Morgan fingerprint density at radius 2 is 2.09 bits per heavy atom. The van der Waals surface area contributed by atoms with Crippen LogP contribution in [0.25, 0.3) is 0 Å². The van der Waals surface area contributed by atoms with E-state index in [-0.39, 0.29) is 5.91 Å². The van der Waals surface area contributed by atoms with Crippen LogP contribution in [0.3, 0.4) is 0 Å². The molecule has 4 nitrogen and oxygen atoms in total. The fourth-order valence-electron chi connectivity index (χ4n) is 3.89. The van der Waals surface area contributed by atoms with Gasteiger partial charge in [0.05, 0.1) is 16.6 Å². The zero-order valence-electron chi connectivity index (χ0n) is 13.8. The first kappa shape index (κ1) is 14.9. The lowest BCUT2D eigenvalue weighted by Crippen LogP contribution is -2.28. The highest BCUT2D eigenvalue weighted by Gasteiger charge is 2.30. The molecular weight excluding hydrogens is 306 g/mol. The van der Waals surface area contributed by atoms with Gasteiger partial charge < -0.3 is 4.90 Å². The number of fused-ring (bicyclic) bond motifs is 1. The van der Waals surface area contributed by atoms with Gasteiger partial charge in [0.25, 0.3) is 5.91 Å². The molecule has 0 bridgehead atoms. The molecule has 1 amide bonds. The number of carbonyl (C=O) groups is 1. The molecule has 1 aliphatic carbocycles. The predicted molar refractivity (Wildman–Crippen MR) is 92.2 cm³/mol. The molecule has 4 rings (SSSR count). The molecule has 0 N–H and O–H groups in total. The fraction of sp³-hybridized carbons (Fsp3) is 0.556. The highest BCUT2D eigenvalue weighted by molar-refractivity contribution is 7.14. The molecule has 5 heteroatoms. The van der Waals surface area contributed by atoms with Crippen molar-refractivity contribution in [2.75, 3.05) is 13.1 Å². The molecule has 23 heavy (non-hydrogen) atoms. The van der Waals surface area contributed by atoms with Gasteiger partial charge in [-0.2, -0.15) is 5.10 Å². The number of likely N-dealkylation sites (tertiary alicyclic amines) is 1. The fourth-order valence-corrected chi connectivity index (χ4v) is 5.12. The molecule has 0 spiro atoms. The molecule has 122 valence electrons. The van der Waals surface area contributed by atoms with Crippen LogP contribution >= 0.6 is 11.3 Å². The molecule has 1 atom stereocenters. The minimum Gasteiger partial charge on any atom is -0.336 e. The van der Waals surface area contributed by atoms with Crippen molar-refractivity contribution in [3.8, 4) is 0 Å². The van der Waals surface area contributed by atoms with Crippen molar-refractivity contribution in [3.63, 3.8) is 0 Å². The number of nitrogens with zero attached hydrogens (tertiary/aromatic N) is 3. The van der Waals surface area contributed by atoms with Gasteiger partial charge in [-0.25, -0.2) is 0 Å². The number of carbonyl (C=O) groups excluding carboxylic acids is 1. The van der Waals surface area contributed by atoms with Crippen molar-refractivity contribution >= 4 is 17.2 Å². The van der Waals surface area contributed by atoms with Crippen LogP contribution in [0.1, 0.15) is 56.8 Å². The standard InChI is InChI=1S/C18H23N3OS/c1-12-9-13(2)21(19-12)15-7-8-20(11-15)18(22)17-10-14-5-3-4-6-16(14)23-17/h9-10,15H,3-8,11H2,1-2H3/t15-/m0/s1. The lowest BCUT2D eigenvalue weighted by atomic mass is 9.99. The van der Waals surface area contributed by atoms with Crippen molar-refractivity contribution in [2.24, 2.45) is 0 Å². The van der Waals surface area contributed by atoms with Crippen LogP contribution in [0.4, 0.5) is 0 Å². The van der Waals surface area contributed by atoms with Crippen LogP contribution in [-0.4, -0.2) is 33.7 Å². The van der Waals surface area contributed by atoms with Crippen LogP contribution in [0, 0.1) is 13.8 Å². The third-order valence-corrected chi connectivity index (χ3v) is 6.27. The molecule has 0 saturated carbocycles. The Bertz CT molecular complexity index is 722. The maximum absolute atomic E-state index is 12.8. The van der Waals surface area contributed by atoms with Crippen LogP contribution in [-0.2, 0) is 12.8 Å². The van der Waals surface area contributed by atoms with E-state index in [1.807, 2.05) is 11.8 Å². The lowest BCUT2D eigenvalue weighted by molar-refractivity contribution is 0.0791. The molecule has 2 aliphatic rings. The number of hydrogen-bond donors (Lipinski definition) is 0. The Balaban J connectivity index is 1.50. The third-order valence-electron chi connectivity index (χ3n) is 5.05. The average Bonchev–Trinajstić information content (AvgIpc) is 3.24. The molecule has 1 saturated heterocycles. The summed E-state index contributed by atoms with van der Waals surface area (Å²) in [6.45, 7) is 5.74. The zero-order valence-corrected chi connectivity index (χ0v) is 14.7. The Morgan fingerprint density at radius 1 is 1.26 bits per heavy atom. The van der Waals surface area contributed by atoms with E-state index in [1.54, 1.807) is 11.3 Å². The van der Waals surface area contributed by atoms with E-state index in [1.165, 1.54) is 29.0 Å². The Hall–Kier alpha value is -1.62. The number of aromatic nitrogens is 2. The Labute approximate surface area is 141 Å². The molecule has 0 aromatic carbocycles. The van der Waals surface area contributed by atoms with Gasteiger partial charge in [-0.1, -0.05) is 0 Å². The second-order valence-electron chi connectivity index (χ2n) is 6.83. The van der Waals surface area contributed by atoms with Crippen molar-refractivity contribution in [1.29, 1.82) is 0 Å². The molecule has 0 unspecified atom stereocenters. The summed E-state index contributed by atoms with van der Waals surface area (Å²) in [5, 5.41) is 4.59. The van der Waals surface area contributed by atoms with E-state index in [0.717, 1.165) is 42.9 Å². The van der Waals surface area contributed by atoms with E-state index in [9.17, 15) is 4.79 Å². The zero-order chi connectivity index (χ0) is 16.0. The first-order chi connectivity index (χ1) is 11.1. The molecular formula is C18H23N3OS. The summed E-state index contributed by atoms with van der Waals surface area (Å²) in [5.74, 6) is 0.216. The summed E-state index contributed by atoms with van der Waals surface area (Å²) in [4.78, 5) is 17.2. The highest BCUT2D eigenvalue weighted by Crippen LogP contribution is 2.32. The van der Waals surface area contributed by atoms with Gasteiger partial charge in [0.15, 0.2) is 0 Å². The Morgan fingerprint density at radius 3 is 2.83 bits per heavy atom. The van der Waals surface area contributed by atoms with E-state index in [2.05, 4.69) is 28.8 Å². The largest absolute Gasteiger partial charge is 0.336 e. The molecule has 1 fully saturated rings. The minimum atomic E-state index is 0.216. The first-order valence-electron chi connectivity index (χ1n) is 8.55. The van der Waals surface area contributed by atoms with Crippen molar-refractivity contribution in [3.05, 3.63) is 38.8 Å². The number of thiophene rings is 1. The second kappa shape index (κ2) is 5.78. The van der Waals surface area contributed by atoms with E-state index in [0.29, 0.717) is 6.04 Å². The number of rotatable bonds is 2. The third kappa shape index (κ3) is 2.71. The smallest absolute Gasteiger partial charge is 0.264 e. The SMILES string of the molecule is Cc1cc(C)n([C@H]2CCN(C(=O)c3cc4c(s3)CCCC4)C2)n1. The van der Waals surface area contributed by atoms with Gasteiger partial charge in [0.2, 0.25) is 0 Å². The first-order valence-corrected chi connectivity index (χ1v) is 9.37. The monoisotopic (exact) mass is 329 g/mol. The van der Waals surface area contributed by atoms with Crippen molar-refractivity contribution < 1.29 is 4.79 Å². The lowest BCUT2D eigenvalue weighted by Gasteiger charge is -2.16. The molecule has 0 radical (unpaired) electrons. The number of aryl methyl sites for hydroxylation is 4. The maximum Gasteiger partial charge on any atom is 0.264 e. The van der Waals surface area contributed by atoms with Gasteiger partial charge >= 0.3 is 0 Å². The molecule has 2 aromatic heterocycles. The topological polar surface area (TPSA) is 38.1 Å². The molecule has 2 aromatic rings. The van der Waals surface area contributed by atoms with Crippen LogP contribution in [0.15, 0.2) is 12.1 Å². The normalized spacial score (nSPS) is 20.8. The van der Waals surface area contributed by atoms with Gasteiger partial charge in [-0.05, 0) is 63.6 Å². The summed E-state index contributed by atoms with van der Waals surface area (Å²) < 4.78 is 2.10. The van der Waals surface area contributed by atoms with Crippen LogP contribution in [0.2, 0.25) is 0 Å². The van der Waals surface area contributed by atoms with Crippen molar-refractivity contribution in [1.82, 2.24) is 14.7 Å². The van der Waals surface area contributed by atoms with Gasteiger partial charge in [-0.15, -0.1) is 11.3 Å². The predicted octanol–water partition coefficient (Wildman–Crippen LogP) is 3.53. The van der Waals surface area contributed by atoms with E-state index in [4.69, 9.17) is 0 Å². The quantitative estimate of drug-likeness (QED) is 0.845. The van der Waals surface area contributed by atoms with Gasteiger partial charge in [-0.3, -0.25) is 9.48 Å². The minimum absolute atomic E-state index is 0.216. The summed E-state index contributed by atoms with van der Waals surface area (Å²) in [6, 6.07) is 4.58. The maximum atomic E-state index is 12.8. The highest BCUT2D eigenvalue weighted by atomic mass is 32.1. The van der Waals surface area contributed by atoms with Crippen LogP contribution in [0.5, 0.6) is 0 Å². The summed E-state index contributed by atoms with van der Waals surface area (Å²) in [6.07, 6.45) is 5.83. The summed E-state index contributed by atoms with van der Waals surface area (Å²) in [7, 11) is 0. The molecule has 1 aliphatic heterocycles. The summed E-state index contributed by atoms with van der Waals surface area (Å²) in [5.41, 5.74) is 3.66. The second-order valence-corrected chi connectivity index (χ2v) is 7.97. The number of amides is 1. The average molecular weight is 329 g/mol. The Kier molecular flexibility index (Phi) is 3.76. The number of hydrogen-bond acceptors (Lipinski definition) is 3. The van der Waals surface area contributed by atoms with E-state index < -0.39 is 0 Å². The van der Waals surface area contributed by atoms with Crippen molar-refractivity contribution in [2.45, 2.75) is 52.0 Å². The van der Waals surface area contributed by atoms with E-state index >= 15 is 0 Å². The summed E-state index contributed by atoms with van der Waals surface area (Å²) >= 11 is 1.72. The van der Waals surface area contributed by atoms with Gasteiger partial charge in [0, 0.05) is 23.7 Å². The van der Waals surface area contributed by atoms with Crippen LogP contribution < -0.4 is 0 Å². The molecule has 3 heterocycles. The van der Waals surface area contributed by atoms with Gasteiger partial charge in [0.1, 0.15) is 0 Å².